The van der Waals surface area contributed by atoms with E-state index >= 15 is 0 Å². The van der Waals surface area contributed by atoms with Crippen LogP contribution in [0.5, 0.6) is 11.5 Å². The third kappa shape index (κ3) is 4.90. The van der Waals surface area contributed by atoms with E-state index in [-0.39, 0.29) is 10.8 Å². The van der Waals surface area contributed by atoms with Crippen molar-refractivity contribution in [1.82, 2.24) is 0 Å². The van der Waals surface area contributed by atoms with Gasteiger partial charge in [0.2, 0.25) is 0 Å². The third-order valence-corrected chi connectivity index (χ3v) is 5.79. The van der Waals surface area contributed by atoms with Gasteiger partial charge in [-0.3, -0.25) is 9.52 Å². The summed E-state index contributed by atoms with van der Waals surface area (Å²) in [5.41, 5.74) is 1.88. The number of carbonyl (C=O) groups is 1. The fourth-order valence-electron chi connectivity index (χ4n) is 2.75. The van der Waals surface area contributed by atoms with Crippen molar-refractivity contribution in [2.24, 2.45) is 0 Å². The first-order valence-corrected chi connectivity index (χ1v) is 10.5. The Kier molecular flexibility index (Phi) is 6.27. The molecule has 0 saturated carbocycles. The predicted molar refractivity (Wildman–Crippen MR) is 116 cm³/mol. The summed E-state index contributed by atoms with van der Waals surface area (Å²) in [6, 6.07) is 17.9. The van der Waals surface area contributed by atoms with E-state index in [0.717, 1.165) is 5.56 Å². The van der Waals surface area contributed by atoms with Gasteiger partial charge in [-0.25, -0.2) is 8.42 Å². The SMILES string of the molecule is COc1cc(OC)cc(C(=O)Nc2ccc(C)c(NS(=O)(=O)c3ccccc3)c2)c1. The lowest BCUT2D eigenvalue weighted by molar-refractivity contribution is 0.102. The van der Waals surface area contributed by atoms with Crippen LogP contribution in [0.3, 0.4) is 0 Å². The third-order valence-electron chi connectivity index (χ3n) is 4.41. The molecular formula is C22H22N2O5S. The minimum absolute atomic E-state index is 0.155. The van der Waals surface area contributed by atoms with E-state index in [9.17, 15) is 13.2 Å². The molecule has 7 nitrogen and oxygen atoms in total. The molecule has 0 radical (unpaired) electrons. The van der Waals surface area contributed by atoms with E-state index in [1.807, 2.05) is 0 Å². The number of rotatable bonds is 7. The van der Waals surface area contributed by atoms with Gasteiger partial charge in [-0.15, -0.1) is 0 Å². The van der Waals surface area contributed by atoms with Gasteiger partial charge in [0.1, 0.15) is 11.5 Å². The highest BCUT2D eigenvalue weighted by atomic mass is 32.2. The van der Waals surface area contributed by atoms with Crippen LogP contribution in [0.2, 0.25) is 0 Å². The molecule has 8 heteroatoms. The molecule has 0 aliphatic heterocycles. The topological polar surface area (TPSA) is 93.7 Å². The Morgan fingerprint density at radius 1 is 0.867 bits per heavy atom. The molecule has 156 valence electrons. The average molecular weight is 426 g/mol. The minimum atomic E-state index is -3.75. The molecule has 2 N–H and O–H groups in total. The highest BCUT2D eigenvalue weighted by Gasteiger charge is 2.16. The summed E-state index contributed by atoms with van der Waals surface area (Å²) in [4.78, 5) is 12.8. The maximum Gasteiger partial charge on any atom is 0.261 e. The van der Waals surface area contributed by atoms with Crippen molar-refractivity contribution in [1.29, 1.82) is 0 Å². The Labute approximate surface area is 175 Å². The van der Waals surface area contributed by atoms with Crippen LogP contribution in [0, 0.1) is 6.92 Å². The van der Waals surface area contributed by atoms with Crippen molar-refractivity contribution in [3.63, 3.8) is 0 Å². The predicted octanol–water partition coefficient (Wildman–Crippen LogP) is 4.07. The molecule has 0 atom stereocenters. The average Bonchev–Trinajstić information content (AvgIpc) is 2.76. The number of nitrogens with one attached hydrogen (secondary N) is 2. The van der Waals surface area contributed by atoms with Crippen molar-refractivity contribution in [2.45, 2.75) is 11.8 Å². The van der Waals surface area contributed by atoms with E-state index in [2.05, 4.69) is 10.0 Å². The van der Waals surface area contributed by atoms with Gasteiger partial charge in [0.25, 0.3) is 15.9 Å². The molecule has 1 amide bonds. The van der Waals surface area contributed by atoms with E-state index in [0.29, 0.717) is 28.4 Å². The van der Waals surface area contributed by atoms with E-state index in [1.54, 1.807) is 61.5 Å². The molecule has 3 aromatic carbocycles. The van der Waals surface area contributed by atoms with Crippen molar-refractivity contribution < 1.29 is 22.7 Å². The van der Waals surface area contributed by atoms with Crippen LogP contribution in [0.4, 0.5) is 11.4 Å². The molecule has 3 rings (SSSR count). The summed E-state index contributed by atoms with van der Waals surface area (Å²) in [5, 5.41) is 2.77. The molecule has 0 aromatic heterocycles. The fraction of sp³-hybridized carbons (Fsp3) is 0.136. The molecule has 3 aromatic rings. The smallest absolute Gasteiger partial charge is 0.261 e. The van der Waals surface area contributed by atoms with Crippen LogP contribution in [0.15, 0.2) is 71.6 Å². The van der Waals surface area contributed by atoms with E-state index in [4.69, 9.17) is 9.47 Å². The summed E-state index contributed by atoms with van der Waals surface area (Å²) in [6.07, 6.45) is 0. The number of methoxy groups -OCH3 is 2. The number of ether oxygens (including phenoxy) is 2. The second-order valence-corrected chi connectivity index (χ2v) is 8.19. The first-order chi connectivity index (χ1) is 14.3. The fourth-order valence-corrected chi connectivity index (χ4v) is 3.90. The minimum Gasteiger partial charge on any atom is -0.497 e. The monoisotopic (exact) mass is 426 g/mol. The van der Waals surface area contributed by atoms with Crippen molar-refractivity contribution in [3.8, 4) is 11.5 Å². The molecule has 0 aliphatic rings. The number of carbonyl (C=O) groups excluding carboxylic acids is 1. The summed E-state index contributed by atoms with van der Waals surface area (Å²) in [6.45, 7) is 1.78. The number of sulfonamides is 1. The van der Waals surface area contributed by atoms with Gasteiger partial charge in [-0.1, -0.05) is 24.3 Å². The van der Waals surface area contributed by atoms with Crippen molar-refractivity contribution >= 4 is 27.3 Å². The maximum absolute atomic E-state index is 12.7. The molecule has 0 aliphatic carbocycles. The van der Waals surface area contributed by atoms with Crippen LogP contribution in [0.25, 0.3) is 0 Å². The standard InChI is InChI=1S/C22H22N2O5S/c1-15-9-10-17(13-21(15)24-30(26,27)20-7-5-4-6-8-20)23-22(25)16-11-18(28-2)14-19(12-16)29-3/h4-14,24H,1-3H3,(H,23,25). The van der Waals surface area contributed by atoms with Crippen molar-refractivity contribution in [2.75, 3.05) is 24.3 Å². The van der Waals surface area contributed by atoms with E-state index < -0.39 is 10.0 Å². The summed E-state index contributed by atoms with van der Waals surface area (Å²) in [7, 11) is -0.744. The van der Waals surface area contributed by atoms with Gasteiger partial charge in [0.15, 0.2) is 0 Å². The second-order valence-electron chi connectivity index (χ2n) is 6.50. The van der Waals surface area contributed by atoms with Gasteiger partial charge in [-0.05, 0) is 48.9 Å². The number of amides is 1. The van der Waals surface area contributed by atoms with Gasteiger partial charge in [-0.2, -0.15) is 0 Å². The van der Waals surface area contributed by atoms with Crippen LogP contribution in [-0.2, 0) is 10.0 Å². The number of benzene rings is 3. The molecule has 0 unspecified atom stereocenters. The molecule has 0 heterocycles. The quantitative estimate of drug-likeness (QED) is 0.594. The number of anilines is 2. The molecular weight excluding hydrogens is 404 g/mol. The number of hydrogen-bond acceptors (Lipinski definition) is 5. The summed E-state index contributed by atoms with van der Waals surface area (Å²) >= 11 is 0. The lowest BCUT2D eigenvalue weighted by Gasteiger charge is -2.13. The Hall–Kier alpha value is -3.52. The van der Waals surface area contributed by atoms with Crippen molar-refractivity contribution in [3.05, 3.63) is 77.9 Å². The van der Waals surface area contributed by atoms with Crippen LogP contribution < -0.4 is 19.5 Å². The second kappa shape index (κ2) is 8.87. The number of hydrogen-bond donors (Lipinski definition) is 2. The number of aryl methyl sites for hydroxylation is 1. The lowest BCUT2D eigenvalue weighted by Crippen LogP contribution is -2.15. The summed E-state index contributed by atoms with van der Waals surface area (Å²) < 4.78 is 38.2. The van der Waals surface area contributed by atoms with Crippen LogP contribution >= 0.6 is 0 Å². The van der Waals surface area contributed by atoms with Crippen LogP contribution in [-0.4, -0.2) is 28.5 Å². The Bertz CT molecular complexity index is 1140. The highest BCUT2D eigenvalue weighted by Crippen LogP contribution is 2.26. The zero-order chi connectivity index (χ0) is 21.7. The highest BCUT2D eigenvalue weighted by molar-refractivity contribution is 7.92. The van der Waals surface area contributed by atoms with Gasteiger partial charge < -0.3 is 14.8 Å². The largest absolute Gasteiger partial charge is 0.497 e. The molecule has 0 fully saturated rings. The molecule has 0 saturated heterocycles. The zero-order valence-electron chi connectivity index (χ0n) is 16.8. The first-order valence-electron chi connectivity index (χ1n) is 9.05. The normalized spacial score (nSPS) is 10.9. The van der Waals surface area contributed by atoms with Gasteiger partial charge >= 0.3 is 0 Å². The van der Waals surface area contributed by atoms with Gasteiger partial charge in [0.05, 0.1) is 24.8 Å². The molecule has 30 heavy (non-hydrogen) atoms. The van der Waals surface area contributed by atoms with E-state index in [1.165, 1.54) is 26.4 Å². The van der Waals surface area contributed by atoms with Gasteiger partial charge in [0, 0.05) is 17.3 Å². The summed E-state index contributed by atoms with van der Waals surface area (Å²) in [5.74, 6) is 0.590. The Balaban J connectivity index is 1.84. The lowest BCUT2D eigenvalue weighted by atomic mass is 10.1. The zero-order valence-corrected chi connectivity index (χ0v) is 17.6. The Morgan fingerprint density at radius 2 is 1.50 bits per heavy atom. The maximum atomic E-state index is 12.7. The Morgan fingerprint density at radius 3 is 2.10 bits per heavy atom. The first kappa shape index (κ1) is 21.2. The molecule has 0 spiro atoms. The van der Waals surface area contributed by atoms with Crippen LogP contribution in [0.1, 0.15) is 15.9 Å². The molecule has 0 bridgehead atoms.